The van der Waals surface area contributed by atoms with E-state index in [-0.39, 0.29) is 18.0 Å². The molecule has 1 aromatic rings. The van der Waals surface area contributed by atoms with Gasteiger partial charge < -0.3 is 14.8 Å². The van der Waals surface area contributed by atoms with E-state index in [0.29, 0.717) is 13.2 Å². The minimum atomic E-state index is -0.483. The Morgan fingerprint density at radius 1 is 1.20 bits per heavy atom. The van der Waals surface area contributed by atoms with Crippen LogP contribution >= 0.6 is 0 Å². The van der Waals surface area contributed by atoms with E-state index in [1.165, 1.54) is 7.05 Å². The number of likely N-dealkylation sites (tertiary alicyclic amines) is 1. The van der Waals surface area contributed by atoms with Crippen molar-refractivity contribution >= 4 is 11.9 Å². The molecular weight excluding hydrogens is 322 g/mol. The minimum Gasteiger partial charge on any atom is -0.490 e. The van der Waals surface area contributed by atoms with E-state index in [1.54, 1.807) is 0 Å². The van der Waals surface area contributed by atoms with Gasteiger partial charge in [-0.15, -0.1) is 0 Å². The van der Waals surface area contributed by atoms with E-state index in [9.17, 15) is 9.59 Å². The summed E-state index contributed by atoms with van der Waals surface area (Å²) >= 11 is 0. The highest BCUT2D eigenvalue weighted by molar-refractivity contribution is 5.96. The third-order valence-corrected chi connectivity index (χ3v) is 4.79. The molecule has 1 saturated heterocycles. The molecule has 2 heterocycles. The Morgan fingerprint density at radius 2 is 1.96 bits per heavy atom. The average Bonchev–Trinajstić information content (AvgIpc) is 2.99. The Morgan fingerprint density at radius 3 is 2.72 bits per heavy atom. The molecular formula is C18H25N3O4. The molecule has 2 N–H and O–H groups in total. The fraction of sp³-hybridized carbons (Fsp3) is 0.556. The van der Waals surface area contributed by atoms with Crippen LogP contribution in [0.4, 0.5) is 4.79 Å². The standard InChI is InChI=1S/C18H25N3O4/c1-12(17(22)20-18(23)19-2)21-8-3-5-14(21)13-6-7-15-16(11-13)25-10-4-9-24-15/h6-7,11-12,14H,3-5,8-10H2,1-2H3,(H2,19,20,22,23)/t12-,14-/m1/s1. The maximum atomic E-state index is 12.3. The zero-order valence-electron chi connectivity index (χ0n) is 14.7. The monoisotopic (exact) mass is 347 g/mol. The molecule has 2 aliphatic heterocycles. The summed E-state index contributed by atoms with van der Waals surface area (Å²) in [6.07, 6.45) is 2.85. The summed E-state index contributed by atoms with van der Waals surface area (Å²) < 4.78 is 11.5. The maximum Gasteiger partial charge on any atom is 0.321 e. The number of nitrogens with one attached hydrogen (secondary N) is 2. The summed E-state index contributed by atoms with van der Waals surface area (Å²) in [4.78, 5) is 25.8. The van der Waals surface area contributed by atoms with E-state index in [1.807, 2.05) is 25.1 Å². The second-order valence-electron chi connectivity index (χ2n) is 6.40. The van der Waals surface area contributed by atoms with E-state index in [4.69, 9.17) is 9.47 Å². The number of hydrogen-bond acceptors (Lipinski definition) is 5. The molecule has 25 heavy (non-hydrogen) atoms. The molecule has 1 fully saturated rings. The van der Waals surface area contributed by atoms with Gasteiger partial charge >= 0.3 is 6.03 Å². The number of hydrogen-bond donors (Lipinski definition) is 2. The highest BCUT2D eigenvalue weighted by Crippen LogP contribution is 2.38. The highest BCUT2D eigenvalue weighted by atomic mass is 16.5. The number of ether oxygens (including phenoxy) is 2. The van der Waals surface area contributed by atoms with Crippen molar-refractivity contribution in [1.29, 1.82) is 0 Å². The first-order chi connectivity index (χ1) is 12.1. The molecule has 0 spiro atoms. The zero-order valence-corrected chi connectivity index (χ0v) is 14.7. The Labute approximate surface area is 147 Å². The van der Waals surface area contributed by atoms with Crippen LogP contribution in [0, 0.1) is 0 Å². The van der Waals surface area contributed by atoms with Gasteiger partial charge in [-0.2, -0.15) is 0 Å². The molecule has 7 nitrogen and oxygen atoms in total. The molecule has 2 aliphatic rings. The fourth-order valence-electron chi connectivity index (χ4n) is 3.43. The van der Waals surface area contributed by atoms with Gasteiger partial charge in [0, 0.05) is 19.5 Å². The third-order valence-electron chi connectivity index (χ3n) is 4.79. The van der Waals surface area contributed by atoms with Crippen molar-refractivity contribution in [3.05, 3.63) is 23.8 Å². The predicted octanol–water partition coefficient (Wildman–Crippen LogP) is 1.83. The van der Waals surface area contributed by atoms with Crippen LogP contribution in [0.5, 0.6) is 11.5 Å². The lowest BCUT2D eigenvalue weighted by molar-refractivity contribution is -0.125. The first-order valence-electron chi connectivity index (χ1n) is 8.78. The van der Waals surface area contributed by atoms with Crippen molar-refractivity contribution in [2.24, 2.45) is 0 Å². The van der Waals surface area contributed by atoms with Crippen LogP contribution in [0.25, 0.3) is 0 Å². The molecule has 3 rings (SSSR count). The fourth-order valence-corrected chi connectivity index (χ4v) is 3.43. The molecule has 0 unspecified atom stereocenters. The molecule has 0 aliphatic carbocycles. The molecule has 2 atom stereocenters. The Kier molecular flexibility index (Phi) is 5.43. The highest BCUT2D eigenvalue weighted by Gasteiger charge is 2.34. The SMILES string of the molecule is CNC(=O)NC(=O)[C@@H](C)N1CCC[C@@H]1c1ccc2c(c1)OCCCO2. The largest absolute Gasteiger partial charge is 0.490 e. The number of urea groups is 1. The zero-order chi connectivity index (χ0) is 17.8. The maximum absolute atomic E-state index is 12.3. The topological polar surface area (TPSA) is 79.9 Å². The summed E-state index contributed by atoms with van der Waals surface area (Å²) in [7, 11) is 1.49. The smallest absolute Gasteiger partial charge is 0.321 e. The summed E-state index contributed by atoms with van der Waals surface area (Å²) in [6.45, 7) is 3.97. The second kappa shape index (κ2) is 7.74. The van der Waals surface area contributed by atoms with Gasteiger partial charge in [0.2, 0.25) is 5.91 Å². The van der Waals surface area contributed by atoms with Crippen LogP contribution in [-0.2, 0) is 4.79 Å². The molecule has 0 aromatic heterocycles. The number of rotatable bonds is 3. The van der Waals surface area contributed by atoms with Crippen LogP contribution in [0.2, 0.25) is 0 Å². The number of fused-ring (bicyclic) bond motifs is 1. The number of imide groups is 1. The van der Waals surface area contributed by atoms with Crippen molar-refractivity contribution in [2.45, 2.75) is 38.3 Å². The lowest BCUT2D eigenvalue weighted by atomic mass is 10.0. The van der Waals surface area contributed by atoms with Gasteiger partial charge in [0.25, 0.3) is 0 Å². The van der Waals surface area contributed by atoms with Crippen LogP contribution in [0.1, 0.15) is 37.8 Å². The molecule has 0 radical (unpaired) electrons. The van der Waals surface area contributed by atoms with Crippen molar-refractivity contribution in [2.75, 3.05) is 26.8 Å². The summed E-state index contributed by atoms with van der Waals surface area (Å²) in [5.41, 5.74) is 1.11. The number of carbonyl (C=O) groups excluding carboxylic acids is 2. The average molecular weight is 347 g/mol. The molecule has 3 amide bonds. The van der Waals surface area contributed by atoms with E-state index in [2.05, 4.69) is 15.5 Å². The quantitative estimate of drug-likeness (QED) is 0.872. The first-order valence-corrected chi connectivity index (χ1v) is 8.78. The molecule has 1 aromatic carbocycles. The predicted molar refractivity (Wildman–Crippen MR) is 92.8 cm³/mol. The van der Waals surface area contributed by atoms with Crippen LogP contribution in [-0.4, -0.2) is 49.7 Å². The summed E-state index contributed by atoms with van der Waals surface area (Å²) in [5.74, 6) is 1.25. The summed E-state index contributed by atoms with van der Waals surface area (Å²) in [6, 6.07) is 5.26. The number of benzene rings is 1. The Balaban J connectivity index is 1.76. The molecule has 0 bridgehead atoms. The van der Waals surface area contributed by atoms with E-state index >= 15 is 0 Å². The molecule has 136 valence electrons. The van der Waals surface area contributed by atoms with Crippen LogP contribution in [0.15, 0.2) is 18.2 Å². The Hall–Kier alpha value is -2.28. The van der Waals surface area contributed by atoms with Crippen molar-refractivity contribution < 1.29 is 19.1 Å². The minimum absolute atomic E-state index is 0.127. The van der Waals surface area contributed by atoms with Gasteiger partial charge in [-0.05, 0) is 44.0 Å². The lowest BCUT2D eigenvalue weighted by Gasteiger charge is -2.30. The lowest BCUT2D eigenvalue weighted by Crippen LogP contribution is -2.48. The van der Waals surface area contributed by atoms with Gasteiger partial charge in [0.15, 0.2) is 11.5 Å². The number of nitrogens with zero attached hydrogens (tertiary/aromatic N) is 1. The van der Waals surface area contributed by atoms with Crippen molar-refractivity contribution in [3.8, 4) is 11.5 Å². The second-order valence-corrected chi connectivity index (χ2v) is 6.40. The third kappa shape index (κ3) is 3.87. The number of carbonyl (C=O) groups is 2. The van der Waals surface area contributed by atoms with Crippen LogP contribution in [0.3, 0.4) is 0 Å². The normalized spacial score (nSPS) is 21.3. The van der Waals surface area contributed by atoms with Crippen molar-refractivity contribution in [1.82, 2.24) is 15.5 Å². The first kappa shape index (κ1) is 17.5. The van der Waals surface area contributed by atoms with Gasteiger partial charge in [0.1, 0.15) is 0 Å². The number of amides is 3. The van der Waals surface area contributed by atoms with Gasteiger partial charge in [0.05, 0.1) is 19.3 Å². The molecule has 0 saturated carbocycles. The van der Waals surface area contributed by atoms with Gasteiger partial charge in [-0.1, -0.05) is 6.07 Å². The van der Waals surface area contributed by atoms with Crippen LogP contribution < -0.4 is 20.1 Å². The van der Waals surface area contributed by atoms with Gasteiger partial charge in [-0.3, -0.25) is 15.0 Å². The van der Waals surface area contributed by atoms with E-state index < -0.39 is 6.03 Å². The molecule has 7 heteroatoms. The van der Waals surface area contributed by atoms with E-state index in [0.717, 1.165) is 42.9 Å². The summed E-state index contributed by atoms with van der Waals surface area (Å²) in [5, 5.41) is 4.77. The van der Waals surface area contributed by atoms with Gasteiger partial charge in [-0.25, -0.2) is 4.79 Å². The van der Waals surface area contributed by atoms with Crippen molar-refractivity contribution in [3.63, 3.8) is 0 Å². The Bertz CT molecular complexity index is 649.